The lowest BCUT2D eigenvalue weighted by Gasteiger charge is -2.38. The summed E-state index contributed by atoms with van der Waals surface area (Å²) < 4.78 is 5.18. The lowest BCUT2D eigenvalue weighted by Crippen LogP contribution is -2.51. The Morgan fingerprint density at radius 3 is 2.37 bits per heavy atom. The fraction of sp³-hybridized carbons (Fsp3) is 0.667. The summed E-state index contributed by atoms with van der Waals surface area (Å²) in [7, 11) is 1.76. The first kappa shape index (κ1) is 22.5. The zero-order valence-electron chi connectivity index (χ0n) is 16.5. The monoisotopic (exact) mass is 412 g/mol. The average Bonchev–Trinajstić information content (AvgIpc) is 3.13. The van der Waals surface area contributed by atoms with Crippen LogP contribution in [0.4, 0.5) is 0 Å². The molecule has 2 aliphatic rings. The maximum atomic E-state index is 13.2. The van der Waals surface area contributed by atoms with Crippen molar-refractivity contribution in [2.24, 2.45) is 5.41 Å². The summed E-state index contributed by atoms with van der Waals surface area (Å²) in [6, 6.07) is 8.55. The molecule has 1 saturated heterocycles. The van der Waals surface area contributed by atoms with Crippen LogP contribution in [0.5, 0.6) is 0 Å². The van der Waals surface area contributed by atoms with Gasteiger partial charge in [-0.15, -0.1) is 24.2 Å². The van der Waals surface area contributed by atoms with Crippen LogP contribution in [0.1, 0.15) is 44.1 Å². The molecule has 6 heteroatoms. The van der Waals surface area contributed by atoms with Crippen molar-refractivity contribution in [3.63, 3.8) is 0 Å². The van der Waals surface area contributed by atoms with Crippen molar-refractivity contribution in [3.05, 3.63) is 29.8 Å². The minimum Gasteiger partial charge on any atom is -0.384 e. The molecule has 4 nitrogen and oxygen atoms in total. The average molecular weight is 413 g/mol. The smallest absolute Gasteiger partial charge is 0.236 e. The highest BCUT2D eigenvalue weighted by molar-refractivity contribution is 8.01. The number of nitrogens with one attached hydrogen (secondary N) is 2. The van der Waals surface area contributed by atoms with Gasteiger partial charge in [0.1, 0.15) is 0 Å². The Hall–Kier alpha value is -0.750. The Balaban J connectivity index is 0.00000261. The Morgan fingerprint density at radius 2 is 1.78 bits per heavy atom. The number of ether oxygens (including phenoxy) is 1. The Kier molecular flexibility index (Phi) is 8.47. The van der Waals surface area contributed by atoms with Crippen LogP contribution in [0.25, 0.3) is 0 Å². The first-order chi connectivity index (χ1) is 12.6. The van der Waals surface area contributed by atoms with Crippen molar-refractivity contribution < 1.29 is 9.53 Å². The number of piperidine rings is 1. The number of carbonyl (C=O) groups excluding carboxylic acids is 1. The standard InChI is InChI=1S/C21H32N2O2S.ClH/c1-17-5-7-18(8-6-17)26-21(9-3-4-10-21)19(24)23-15-20(16-25-2)11-13-22-14-12-20;/h5-8,22H,3-4,9-16H2,1-2H3,(H,23,24);1H. The van der Waals surface area contributed by atoms with Crippen molar-refractivity contribution >= 4 is 30.1 Å². The zero-order chi connectivity index (χ0) is 18.5. The first-order valence-corrected chi connectivity index (χ1v) is 10.6. The SMILES string of the molecule is COCC1(CNC(=O)C2(Sc3ccc(C)cc3)CCCC2)CCNCC1.Cl. The second-order valence-electron chi connectivity index (χ2n) is 7.98. The van der Waals surface area contributed by atoms with Gasteiger partial charge in [0, 0.05) is 24.0 Å². The van der Waals surface area contributed by atoms with Gasteiger partial charge in [0.25, 0.3) is 0 Å². The van der Waals surface area contributed by atoms with Gasteiger partial charge in [-0.1, -0.05) is 30.5 Å². The predicted molar refractivity (Wildman–Crippen MR) is 115 cm³/mol. The van der Waals surface area contributed by atoms with Crippen molar-refractivity contribution in [1.29, 1.82) is 0 Å². The summed E-state index contributed by atoms with van der Waals surface area (Å²) in [4.78, 5) is 14.4. The molecule has 1 amide bonds. The molecular weight excluding hydrogens is 380 g/mol. The van der Waals surface area contributed by atoms with Crippen molar-refractivity contribution in [1.82, 2.24) is 10.6 Å². The van der Waals surface area contributed by atoms with E-state index in [1.165, 1.54) is 10.5 Å². The van der Waals surface area contributed by atoms with Gasteiger partial charge in [-0.05, 0) is 57.8 Å². The van der Waals surface area contributed by atoms with E-state index in [9.17, 15) is 4.79 Å². The van der Waals surface area contributed by atoms with Gasteiger partial charge in [0.05, 0.1) is 11.4 Å². The fourth-order valence-electron chi connectivity index (χ4n) is 4.22. The molecule has 1 aliphatic heterocycles. The summed E-state index contributed by atoms with van der Waals surface area (Å²) in [6.45, 7) is 5.54. The molecule has 0 atom stereocenters. The van der Waals surface area contributed by atoms with Gasteiger partial charge in [0.2, 0.25) is 5.91 Å². The number of benzene rings is 1. The predicted octanol–water partition coefficient (Wildman–Crippen LogP) is 3.95. The van der Waals surface area contributed by atoms with Gasteiger partial charge < -0.3 is 15.4 Å². The summed E-state index contributed by atoms with van der Waals surface area (Å²) in [5.74, 6) is 0.217. The topological polar surface area (TPSA) is 50.4 Å². The summed E-state index contributed by atoms with van der Waals surface area (Å²) in [6.07, 6.45) is 6.32. The lowest BCUT2D eigenvalue weighted by atomic mass is 9.79. The molecule has 0 bridgehead atoms. The van der Waals surface area contributed by atoms with E-state index in [2.05, 4.69) is 41.8 Å². The number of hydrogen-bond donors (Lipinski definition) is 2. The van der Waals surface area contributed by atoms with Crippen LogP contribution in [0, 0.1) is 12.3 Å². The third-order valence-corrected chi connectivity index (χ3v) is 7.39. The number of aryl methyl sites for hydroxylation is 1. The van der Waals surface area contributed by atoms with Crippen LogP contribution in [0.3, 0.4) is 0 Å². The second-order valence-corrected chi connectivity index (χ2v) is 9.44. The van der Waals surface area contributed by atoms with Crippen molar-refractivity contribution in [2.75, 3.05) is 33.4 Å². The van der Waals surface area contributed by atoms with Crippen LogP contribution < -0.4 is 10.6 Å². The molecule has 1 aromatic carbocycles. The Labute approximate surface area is 174 Å². The van der Waals surface area contributed by atoms with E-state index >= 15 is 0 Å². The molecule has 3 rings (SSSR count). The molecule has 2 N–H and O–H groups in total. The molecule has 0 aromatic heterocycles. The number of methoxy groups -OCH3 is 1. The Bertz CT molecular complexity index is 591. The molecule has 1 aliphatic carbocycles. The van der Waals surface area contributed by atoms with Crippen molar-refractivity contribution in [2.45, 2.75) is 55.1 Å². The molecule has 152 valence electrons. The number of carbonyl (C=O) groups is 1. The summed E-state index contributed by atoms with van der Waals surface area (Å²) in [5, 5.41) is 6.74. The van der Waals surface area contributed by atoms with E-state index in [-0.39, 0.29) is 28.5 Å². The highest BCUT2D eigenvalue weighted by atomic mass is 35.5. The number of amides is 1. The third kappa shape index (κ3) is 5.63. The van der Waals surface area contributed by atoms with Crippen LogP contribution in [-0.4, -0.2) is 44.0 Å². The van der Waals surface area contributed by atoms with E-state index in [0.29, 0.717) is 6.61 Å². The number of hydrogen-bond acceptors (Lipinski definition) is 4. The van der Waals surface area contributed by atoms with Gasteiger partial charge in [-0.2, -0.15) is 0 Å². The van der Waals surface area contributed by atoms with Gasteiger partial charge in [-0.25, -0.2) is 0 Å². The molecule has 0 radical (unpaired) electrons. The molecule has 1 saturated carbocycles. The molecular formula is C21H33ClN2O2S. The highest BCUT2D eigenvalue weighted by Crippen LogP contribution is 2.45. The van der Waals surface area contributed by atoms with Crippen LogP contribution >= 0.6 is 24.2 Å². The number of thioether (sulfide) groups is 1. The highest BCUT2D eigenvalue weighted by Gasteiger charge is 2.43. The van der Waals surface area contributed by atoms with Crippen LogP contribution in [-0.2, 0) is 9.53 Å². The largest absolute Gasteiger partial charge is 0.384 e. The minimum absolute atomic E-state index is 0. The molecule has 2 fully saturated rings. The van der Waals surface area contributed by atoms with E-state index in [1.54, 1.807) is 18.9 Å². The second kappa shape index (κ2) is 10.1. The van der Waals surface area contributed by atoms with Crippen LogP contribution in [0.15, 0.2) is 29.2 Å². The van der Waals surface area contributed by atoms with Crippen molar-refractivity contribution in [3.8, 4) is 0 Å². The Morgan fingerprint density at radius 1 is 1.15 bits per heavy atom. The first-order valence-electron chi connectivity index (χ1n) is 9.81. The molecule has 1 aromatic rings. The zero-order valence-corrected chi connectivity index (χ0v) is 18.1. The minimum atomic E-state index is -0.309. The van der Waals surface area contributed by atoms with E-state index in [1.807, 2.05) is 0 Å². The maximum Gasteiger partial charge on any atom is 0.236 e. The summed E-state index contributed by atoms with van der Waals surface area (Å²) >= 11 is 1.76. The van der Waals surface area contributed by atoms with Crippen LogP contribution in [0.2, 0.25) is 0 Å². The quantitative estimate of drug-likeness (QED) is 0.711. The molecule has 0 unspecified atom stereocenters. The molecule has 27 heavy (non-hydrogen) atoms. The molecule has 0 spiro atoms. The fourth-order valence-corrected chi connectivity index (χ4v) is 5.60. The van der Waals surface area contributed by atoms with E-state index in [4.69, 9.17) is 4.74 Å². The lowest BCUT2D eigenvalue weighted by molar-refractivity contribution is -0.124. The number of halogens is 1. The van der Waals surface area contributed by atoms with E-state index in [0.717, 1.165) is 58.2 Å². The molecule has 1 heterocycles. The van der Waals surface area contributed by atoms with Gasteiger partial charge in [-0.3, -0.25) is 4.79 Å². The summed E-state index contributed by atoms with van der Waals surface area (Å²) in [5.41, 5.74) is 1.33. The number of rotatable bonds is 7. The van der Waals surface area contributed by atoms with E-state index < -0.39 is 0 Å². The third-order valence-electron chi connectivity index (χ3n) is 5.90. The maximum absolute atomic E-state index is 13.2. The van der Waals surface area contributed by atoms with Gasteiger partial charge >= 0.3 is 0 Å². The van der Waals surface area contributed by atoms with Gasteiger partial charge in [0.15, 0.2) is 0 Å². The normalized spacial score (nSPS) is 20.7.